The number of halogens is 3. The van der Waals surface area contributed by atoms with Crippen LogP contribution >= 0.6 is 0 Å². The molecule has 0 aromatic heterocycles. The van der Waals surface area contributed by atoms with Crippen LogP contribution in [0.2, 0.25) is 0 Å². The van der Waals surface area contributed by atoms with Gasteiger partial charge < -0.3 is 9.90 Å². The molecule has 0 saturated carbocycles. The molecule has 0 unspecified atom stereocenters. The molecule has 2 nitrogen and oxygen atoms in total. The Hall–Kier alpha value is 0.0600. The van der Waals surface area contributed by atoms with Crippen LogP contribution in [-0.2, 0) is 4.79 Å². The molecule has 0 aromatic rings. The van der Waals surface area contributed by atoms with Crippen LogP contribution in [0.5, 0.6) is 0 Å². The van der Waals surface area contributed by atoms with Gasteiger partial charge in [-0.15, -0.1) is 0 Å². The first-order valence-corrected chi connectivity index (χ1v) is 1.13. The van der Waals surface area contributed by atoms with Crippen molar-refractivity contribution in [3.63, 3.8) is 0 Å². The average molecular weight is 224 g/mol. The summed E-state index contributed by atoms with van der Waals surface area (Å²) in [7, 11) is 0. The molecule has 7 heavy (non-hydrogen) atoms. The number of rotatable bonds is 1. The van der Waals surface area contributed by atoms with Crippen molar-refractivity contribution in [1.29, 1.82) is 0 Å². The topological polar surface area (TPSA) is 40.1 Å². The van der Waals surface area contributed by atoms with E-state index < -0.39 is 12.4 Å². The fourth-order valence-corrected chi connectivity index (χ4v) is 0. The molecule has 0 radical (unpaired) electrons. The number of alkyl halides is 2. The summed E-state index contributed by atoms with van der Waals surface area (Å²) >= 11 is 0. The monoisotopic (exact) mass is 224 g/mol. The second kappa shape index (κ2) is 4.23. The highest BCUT2D eigenvalue weighted by atomic mass is 127. The predicted octanol–water partition coefficient (Wildman–Crippen LogP) is -4.53. The van der Waals surface area contributed by atoms with E-state index in [0.717, 1.165) is 0 Å². The molecule has 0 aliphatic heterocycles. The molecule has 0 spiro atoms. The third-order valence-corrected chi connectivity index (χ3v) is 0.178. The summed E-state index contributed by atoms with van der Waals surface area (Å²) in [5.41, 5.74) is 0. The number of hydrogen-bond donors (Lipinski definition) is 0. The van der Waals surface area contributed by atoms with Gasteiger partial charge >= 0.3 is 0 Å². The summed E-state index contributed by atoms with van der Waals surface area (Å²) in [6.07, 6.45) is -3.34. The van der Waals surface area contributed by atoms with E-state index in [1.807, 2.05) is 0 Å². The molecule has 0 rings (SSSR count). The maximum Gasteiger partial charge on any atom is 0.277 e. The van der Waals surface area contributed by atoms with Crippen LogP contribution in [0.3, 0.4) is 0 Å². The van der Waals surface area contributed by atoms with Crippen molar-refractivity contribution in [3.8, 4) is 0 Å². The van der Waals surface area contributed by atoms with Gasteiger partial charge in [0, 0.05) is 0 Å². The first-order chi connectivity index (χ1) is 2.64. The van der Waals surface area contributed by atoms with Gasteiger partial charge in [0.2, 0.25) is 24.0 Å². The number of carbonyl (C=O) groups is 1. The molecule has 44 valence electrons. The van der Waals surface area contributed by atoms with Crippen LogP contribution in [-0.4, -0.2) is 12.4 Å². The van der Waals surface area contributed by atoms with E-state index in [2.05, 4.69) is 0 Å². The Morgan fingerprint density at radius 2 is 1.71 bits per heavy atom. The van der Waals surface area contributed by atoms with Gasteiger partial charge in [-0.3, -0.25) is 0 Å². The molecule has 0 amide bonds. The Kier molecular flexibility index (Phi) is 6.11. The Bertz CT molecular complexity index is 64.7. The van der Waals surface area contributed by atoms with Gasteiger partial charge in [-0.25, -0.2) is 8.78 Å². The van der Waals surface area contributed by atoms with Crippen LogP contribution in [0, 0.1) is 0 Å². The Morgan fingerprint density at radius 1 is 1.57 bits per heavy atom. The zero-order valence-corrected chi connectivity index (χ0v) is 5.65. The second-order valence-corrected chi connectivity index (χ2v) is 0.620. The highest BCUT2D eigenvalue weighted by Crippen LogP contribution is 1.85. The van der Waals surface area contributed by atoms with E-state index in [0.29, 0.717) is 0 Å². The third kappa shape index (κ3) is 6.06. The molecule has 0 N–H and O–H groups in total. The minimum Gasteiger partial charge on any atom is -0.544 e. The van der Waals surface area contributed by atoms with Crippen LogP contribution in [0.25, 0.3) is 0 Å². The summed E-state index contributed by atoms with van der Waals surface area (Å²) < 4.78 is 21.0. The van der Waals surface area contributed by atoms with Gasteiger partial charge in [0.15, 0.2) is 0 Å². The normalized spacial score (nSPS) is 7.86. The van der Waals surface area contributed by atoms with E-state index in [4.69, 9.17) is 9.90 Å². The largest absolute Gasteiger partial charge is 0.544 e. The maximum absolute atomic E-state index is 10.5. The summed E-state index contributed by atoms with van der Waals surface area (Å²) in [4.78, 5) is 8.84. The van der Waals surface area contributed by atoms with Crippen molar-refractivity contribution >= 4 is 5.97 Å². The van der Waals surface area contributed by atoms with Crippen molar-refractivity contribution < 1.29 is 42.7 Å². The van der Waals surface area contributed by atoms with Gasteiger partial charge in [-0.05, 0) is 0 Å². The van der Waals surface area contributed by atoms with E-state index in [9.17, 15) is 8.78 Å². The third-order valence-electron chi connectivity index (χ3n) is 0.178. The predicted molar refractivity (Wildman–Crippen MR) is 13.8 cm³/mol. The molecule has 0 saturated heterocycles. The lowest BCUT2D eigenvalue weighted by Gasteiger charge is -1.93. The fraction of sp³-hybridized carbons (Fsp3) is 0.500. The molecular formula is C2H3F2IO2. The Labute approximate surface area is 55.5 Å². The lowest BCUT2D eigenvalue weighted by atomic mass is 10.7. The molecule has 0 bridgehead atoms. The van der Waals surface area contributed by atoms with Crippen molar-refractivity contribution in [3.05, 3.63) is 0 Å². The summed E-state index contributed by atoms with van der Waals surface area (Å²) in [6.45, 7) is 0. The standard InChI is InChI=1S/C2H2F2O2.H2I/c3-1(4)2(5)6;/h1H,(H,5,6);1H2/q;+1/p-1. The molecule has 0 aliphatic rings. The van der Waals surface area contributed by atoms with Crippen LogP contribution in [0.4, 0.5) is 8.78 Å². The van der Waals surface area contributed by atoms with Crippen LogP contribution in [0.1, 0.15) is 0 Å². The molecule has 0 fully saturated rings. The van der Waals surface area contributed by atoms with Crippen molar-refractivity contribution in [1.82, 2.24) is 0 Å². The quantitative estimate of drug-likeness (QED) is 0.421. The number of aliphatic carboxylic acids is 1. The van der Waals surface area contributed by atoms with Gasteiger partial charge in [-0.1, -0.05) is 0 Å². The van der Waals surface area contributed by atoms with E-state index in [-0.39, 0.29) is 24.0 Å². The van der Waals surface area contributed by atoms with Gasteiger partial charge in [0.1, 0.15) is 5.97 Å². The lowest BCUT2D eigenvalue weighted by molar-refractivity contribution is -0.317. The fourth-order valence-electron chi connectivity index (χ4n) is 0. The van der Waals surface area contributed by atoms with Crippen molar-refractivity contribution in [2.75, 3.05) is 0 Å². The van der Waals surface area contributed by atoms with Gasteiger partial charge in [0.25, 0.3) is 6.43 Å². The summed E-state index contributed by atoms with van der Waals surface area (Å²) in [5.74, 6) is -2.32. The Morgan fingerprint density at radius 3 is 1.71 bits per heavy atom. The van der Waals surface area contributed by atoms with E-state index >= 15 is 0 Å². The minimum absolute atomic E-state index is 0. The van der Waals surface area contributed by atoms with Gasteiger partial charge in [-0.2, -0.15) is 0 Å². The highest BCUT2D eigenvalue weighted by Gasteiger charge is 1.98. The van der Waals surface area contributed by atoms with Crippen LogP contribution < -0.4 is 29.1 Å². The molecule has 0 atom stereocenters. The maximum atomic E-state index is 10.5. The molecular weight excluding hydrogens is 221 g/mol. The average Bonchev–Trinajstić information content (AvgIpc) is 1.36. The molecule has 0 aliphatic carbocycles. The summed E-state index contributed by atoms with van der Waals surface area (Å²) in [6, 6.07) is 0. The molecule has 0 heterocycles. The van der Waals surface area contributed by atoms with Gasteiger partial charge in [0.05, 0.1) is 0 Å². The zero-order valence-electron chi connectivity index (χ0n) is 3.10. The number of carbonyl (C=O) groups excluding carboxylic acids is 1. The minimum atomic E-state index is -3.34. The highest BCUT2D eigenvalue weighted by molar-refractivity contribution is 5.67. The number of carboxylic acid groups (broad SMARTS) is 1. The smallest absolute Gasteiger partial charge is 0.277 e. The first-order valence-electron chi connectivity index (χ1n) is 1.13. The van der Waals surface area contributed by atoms with Crippen molar-refractivity contribution in [2.24, 2.45) is 0 Å². The second-order valence-electron chi connectivity index (χ2n) is 0.620. The van der Waals surface area contributed by atoms with Crippen molar-refractivity contribution in [2.45, 2.75) is 6.43 Å². The lowest BCUT2D eigenvalue weighted by Crippen LogP contribution is -3.00. The van der Waals surface area contributed by atoms with E-state index in [1.54, 1.807) is 0 Å². The number of carboxylic acids is 1. The Balaban J connectivity index is 0. The molecule has 5 heteroatoms. The number of hydrogen-bond acceptors (Lipinski definition) is 2. The SMILES string of the molecule is O=C([O-])C(F)F.[IH2+]. The molecule has 0 aromatic carbocycles. The van der Waals surface area contributed by atoms with E-state index in [1.165, 1.54) is 0 Å². The van der Waals surface area contributed by atoms with Crippen LogP contribution in [0.15, 0.2) is 0 Å². The summed E-state index contributed by atoms with van der Waals surface area (Å²) in [5, 5.41) is 8.84. The zero-order chi connectivity index (χ0) is 5.15. The first kappa shape index (κ1) is 10.1.